The number of allylic oxidation sites excluding steroid dienone is 3. The number of ether oxygens (including phenoxy) is 2. The molecule has 0 saturated heterocycles. The highest BCUT2D eigenvalue weighted by molar-refractivity contribution is 5.91. The zero-order valence-corrected chi connectivity index (χ0v) is 15.9. The lowest BCUT2D eigenvalue weighted by molar-refractivity contribution is -0.275. The number of nitrogens with two attached hydrogens (primary N) is 1. The number of carbonyl (C=O) groups is 1. The topological polar surface area (TPSA) is 109 Å². The van der Waals surface area contributed by atoms with Gasteiger partial charge in [-0.15, -0.1) is 0 Å². The standard InChI is InChI=1S/C11H8O2.C10H18N2O2/c12-7-10-5-8-3-1-2-4-9(8)6-11(10)13;1-4-8(13-2)7-9(12)10(14-3)5-6-11/h1-7,13H;5-7H,4,11-12H2,1-3H3/p+1/b;6-5+,8-7+,10-9-. The van der Waals surface area contributed by atoms with E-state index in [1.54, 1.807) is 44.7 Å². The summed E-state index contributed by atoms with van der Waals surface area (Å²) >= 11 is 0. The number of methoxy groups -OCH3 is 2. The Hall–Kier alpha value is -3.25. The van der Waals surface area contributed by atoms with Crippen molar-refractivity contribution in [3.05, 3.63) is 77.5 Å². The van der Waals surface area contributed by atoms with Gasteiger partial charge in [-0.3, -0.25) is 4.79 Å². The molecule has 6 nitrogen and oxygen atoms in total. The van der Waals surface area contributed by atoms with Crippen molar-refractivity contribution in [2.75, 3.05) is 14.2 Å². The molecule has 0 aliphatic rings. The van der Waals surface area contributed by atoms with Crippen LogP contribution in [0, 0.1) is 0 Å². The molecule has 144 valence electrons. The first-order valence-corrected chi connectivity index (χ1v) is 8.41. The lowest BCUT2D eigenvalue weighted by Gasteiger charge is -2.05. The van der Waals surface area contributed by atoms with Gasteiger partial charge in [-0.2, -0.15) is 0 Å². The Kier molecular flexibility index (Phi) is 9.19. The average Bonchev–Trinajstić information content (AvgIpc) is 2.69. The Labute approximate surface area is 159 Å². The zero-order valence-electron chi connectivity index (χ0n) is 15.9. The highest BCUT2D eigenvalue weighted by Gasteiger charge is 2.01. The van der Waals surface area contributed by atoms with E-state index in [2.05, 4.69) is 5.73 Å². The Balaban J connectivity index is 0.000000270. The largest absolute Gasteiger partial charge is 0.507 e. The average molecular weight is 371 g/mol. The third-order valence-corrected chi connectivity index (χ3v) is 3.72. The summed E-state index contributed by atoms with van der Waals surface area (Å²) in [7, 11) is 3.18. The second-order valence-electron chi connectivity index (χ2n) is 5.47. The van der Waals surface area contributed by atoms with Crippen LogP contribution in [0.25, 0.3) is 10.8 Å². The Morgan fingerprint density at radius 3 is 2.30 bits per heavy atom. The SMILES string of the molecule is CC\C(=C/C(N)=C(\C=C\[NH3+])OC)OC.O=Cc1cc2ccccc2cc1O. The Morgan fingerprint density at radius 1 is 1.19 bits per heavy atom. The smallest absolute Gasteiger partial charge is 0.153 e. The number of benzene rings is 2. The monoisotopic (exact) mass is 371 g/mol. The molecule has 6 N–H and O–H groups in total. The molecule has 2 aromatic carbocycles. The lowest BCUT2D eigenvalue weighted by Crippen LogP contribution is -2.39. The van der Waals surface area contributed by atoms with Crippen LogP contribution in [0.15, 0.2) is 72.0 Å². The van der Waals surface area contributed by atoms with Crippen LogP contribution in [0.5, 0.6) is 5.75 Å². The minimum atomic E-state index is 0.0358. The van der Waals surface area contributed by atoms with Crippen molar-refractivity contribution in [3.63, 3.8) is 0 Å². The second-order valence-corrected chi connectivity index (χ2v) is 5.47. The Morgan fingerprint density at radius 2 is 1.81 bits per heavy atom. The van der Waals surface area contributed by atoms with E-state index < -0.39 is 0 Å². The highest BCUT2D eigenvalue weighted by Crippen LogP contribution is 2.23. The molecule has 0 amide bonds. The number of phenols is 1. The first-order valence-electron chi connectivity index (χ1n) is 8.41. The molecular weight excluding hydrogens is 344 g/mol. The van der Waals surface area contributed by atoms with E-state index >= 15 is 0 Å². The van der Waals surface area contributed by atoms with E-state index in [0.29, 0.717) is 23.3 Å². The van der Waals surface area contributed by atoms with Crippen LogP contribution in [0.4, 0.5) is 0 Å². The first kappa shape index (κ1) is 21.8. The van der Waals surface area contributed by atoms with E-state index in [0.717, 1.165) is 23.0 Å². The van der Waals surface area contributed by atoms with Gasteiger partial charge < -0.3 is 26.0 Å². The minimum Gasteiger partial charge on any atom is -0.507 e. The fourth-order valence-electron chi connectivity index (χ4n) is 2.28. The highest BCUT2D eigenvalue weighted by atomic mass is 16.5. The number of quaternary nitrogens is 1. The summed E-state index contributed by atoms with van der Waals surface area (Å²) in [6, 6.07) is 10.9. The van der Waals surface area contributed by atoms with E-state index in [9.17, 15) is 9.90 Å². The normalized spacial score (nSPS) is 12.2. The molecule has 0 unspecified atom stereocenters. The van der Waals surface area contributed by atoms with Crippen LogP contribution in [-0.2, 0) is 9.47 Å². The van der Waals surface area contributed by atoms with Crippen molar-refractivity contribution >= 4 is 17.1 Å². The molecule has 0 spiro atoms. The molecular formula is C21H27N2O4+. The van der Waals surface area contributed by atoms with Crippen LogP contribution in [-0.4, -0.2) is 25.6 Å². The van der Waals surface area contributed by atoms with Gasteiger partial charge in [-0.05, 0) is 22.9 Å². The Bertz CT molecular complexity index is 848. The molecule has 27 heavy (non-hydrogen) atoms. The van der Waals surface area contributed by atoms with Crippen molar-refractivity contribution in [1.82, 2.24) is 0 Å². The van der Waals surface area contributed by atoms with Crippen LogP contribution in [0.3, 0.4) is 0 Å². The van der Waals surface area contributed by atoms with Gasteiger partial charge in [0.05, 0.1) is 37.4 Å². The maximum atomic E-state index is 10.5. The summed E-state index contributed by atoms with van der Waals surface area (Å²) in [4.78, 5) is 10.5. The van der Waals surface area contributed by atoms with Crippen molar-refractivity contribution in [2.45, 2.75) is 13.3 Å². The number of carbonyl (C=O) groups excluding carboxylic acids is 1. The van der Waals surface area contributed by atoms with Gasteiger partial charge in [0.1, 0.15) is 11.5 Å². The van der Waals surface area contributed by atoms with Crippen molar-refractivity contribution in [2.24, 2.45) is 5.73 Å². The predicted octanol–water partition coefficient (Wildman–Crippen LogP) is 2.86. The summed E-state index contributed by atoms with van der Waals surface area (Å²) in [6.07, 6.45) is 6.52. The van der Waals surface area contributed by atoms with Crippen LogP contribution < -0.4 is 11.5 Å². The molecule has 0 fully saturated rings. The predicted molar refractivity (Wildman–Crippen MR) is 107 cm³/mol. The summed E-state index contributed by atoms with van der Waals surface area (Å²) < 4.78 is 10.2. The van der Waals surface area contributed by atoms with Gasteiger partial charge in [0.15, 0.2) is 6.29 Å². The molecule has 2 rings (SSSR count). The third kappa shape index (κ3) is 6.52. The van der Waals surface area contributed by atoms with E-state index in [-0.39, 0.29) is 5.75 Å². The maximum absolute atomic E-state index is 10.5. The minimum absolute atomic E-state index is 0.0358. The fraction of sp³-hybridized carbons (Fsp3) is 0.190. The van der Waals surface area contributed by atoms with Crippen LogP contribution in [0.2, 0.25) is 0 Å². The summed E-state index contributed by atoms with van der Waals surface area (Å²) in [5, 5.41) is 11.3. The van der Waals surface area contributed by atoms with E-state index in [4.69, 9.17) is 15.2 Å². The molecule has 0 heterocycles. The summed E-state index contributed by atoms with van der Waals surface area (Å²) in [5.41, 5.74) is 10.2. The molecule has 0 radical (unpaired) electrons. The number of hydrogen-bond donors (Lipinski definition) is 3. The van der Waals surface area contributed by atoms with Gasteiger partial charge in [0, 0.05) is 18.6 Å². The number of rotatable bonds is 6. The molecule has 6 heteroatoms. The molecule has 0 aliphatic heterocycles. The molecule has 0 atom stereocenters. The van der Waals surface area contributed by atoms with Crippen LogP contribution in [0.1, 0.15) is 23.7 Å². The fourth-order valence-corrected chi connectivity index (χ4v) is 2.28. The third-order valence-electron chi connectivity index (χ3n) is 3.72. The van der Waals surface area contributed by atoms with Crippen molar-refractivity contribution in [1.29, 1.82) is 0 Å². The zero-order chi connectivity index (χ0) is 20.2. The number of aldehydes is 1. The molecule has 0 saturated carbocycles. The lowest BCUT2D eigenvalue weighted by atomic mass is 10.1. The molecule has 0 aliphatic carbocycles. The van der Waals surface area contributed by atoms with Gasteiger partial charge in [-0.25, -0.2) is 0 Å². The van der Waals surface area contributed by atoms with Gasteiger partial charge in [-0.1, -0.05) is 31.2 Å². The van der Waals surface area contributed by atoms with E-state index in [1.807, 2.05) is 31.2 Å². The first-order chi connectivity index (χ1) is 13.0. The number of fused-ring (bicyclic) bond motifs is 1. The summed E-state index contributed by atoms with van der Waals surface area (Å²) in [6.45, 7) is 1.99. The molecule has 0 aromatic heterocycles. The number of hydrogen-bond acceptors (Lipinski definition) is 5. The van der Waals surface area contributed by atoms with Crippen LogP contribution >= 0.6 is 0 Å². The van der Waals surface area contributed by atoms with Crippen molar-refractivity contribution < 1.29 is 25.1 Å². The van der Waals surface area contributed by atoms with Gasteiger partial charge >= 0.3 is 0 Å². The number of phenolic OH excluding ortho intramolecular Hbond substituents is 1. The molecule has 2 aromatic rings. The molecule has 0 bridgehead atoms. The van der Waals surface area contributed by atoms with E-state index in [1.165, 1.54) is 0 Å². The van der Waals surface area contributed by atoms with Gasteiger partial charge in [0.25, 0.3) is 0 Å². The number of aromatic hydroxyl groups is 1. The quantitative estimate of drug-likeness (QED) is 0.411. The summed E-state index contributed by atoms with van der Waals surface area (Å²) in [5.74, 6) is 1.44. The maximum Gasteiger partial charge on any atom is 0.153 e. The van der Waals surface area contributed by atoms with Crippen molar-refractivity contribution in [3.8, 4) is 5.75 Å². The van der Waals surface area contributed by atoms with Gasteiger partial charge in [0.2, 0.25) is 0 Å². The second kappa shape index (κ2) is 11.4.